The van der Waals surface area contributed by atoms with Gasteiger partial charge in [0.1, 0.15) is 0 Å². The normalized spacial score (nSPS) is 26.4. The molecule has 0 aliphatic carbocycles. The Balaban J connectivity index is 2.53. The van der Waals surface area contributed by atoms with Gasteiger partial charge >= 0.3 is 0 Å². The zero-order chi connectivity index (χ0) is 13.6. The first-order valence-electron chi connectivity index (χ1n) is 7.21. The monoisotopic (exact) mass is 276 g/mol. The molecule has 1 heterocycles. The second kappa shape index (κ2) is 7.46. The van der Waals surface area contributed by atoms with Gasteiger partial charge in [-0.1, -0.05) is 20.3 Å². The van der Waals surface area contributed by atoms with Crippen LogP contribution in [0.4, 0.5) is 0 Å². The smallest absolute Gasteiger partial charge is 0.215 e. The number of sulfonamides is 1. The van der Waals surface area contributed by atoms with E-state index in [0.29, 0.717) is 19.0 Å². The SMILES string of the molecule is CCCNCCS(=O)(=O)N1CC(CC)CCC1C. The lowest BCUT2D eigenvalue weighted by atomic mass is 9.93. The van der Waals surface area contributed by atoms with Crippen molar-refractivity contribution >= 4 is 10.0 Å². The van der Waals surface area contributed by atoms with Gasteiger partial charge in [-0.2, -0.15) is 4.31 Å². The molecule has 0 amide bonds. The maximum absolute atomic E-state index is 12.3. The summed E-state index contributed by atoms with van der Waals surface area (Å²) in [6.45, 7) is 8.43. The minimum atomic E-state index is -3.09. The summed E-state index contributed by atoms with van der Waals surface area (Å²) in [7, 11) is -3.09. The Morgan fingerprint density at radius 3 is 2.56 bits per heavy atom. The highest BCUT2D eigenvalue weighted by Gasteiger charge is 2.32. The van der Waals surface area contributed by atoms with Crippen LogP contribution in [0.15, 0.2) is 0 Å². The van der Waals surface area contributed by atoms with Gasteiger partial charge in [-0.05, 0) is 38.6 Å². The molecule has 2 atom stereocenters. The van der Waals surface area contributed by atoms with E-state index < -0.39 is 10.0 Å². The van der Waals surface area contributed by atoms with E-state index in [-0.39, 0.29) is 11.8 Å². The molecule has 0 spiro atoms. The Labute approximate surface area is 112 Å². The maximum atomic E-state index is 12.3. The Morgan fingerprint density at radius 1 is 1.22 bits per heavy atom. The summed E-state index contributed by atoms with van der Waals surface area (Å²) in [6.07, 6.45) is 4.28. The molecule has 1 fully saturated rings. The maximum Gasteiger partial charge on any atom is 0.215 e. The Hall–Kier alpha value is -0.130. The Bertz CT molecular complexity index is 330. The first-order valence-corrected chi connectivity index (χ1v) is 8.82. The van der Waals surface area contributed by atoms with E-state index in [9.17, 15) is 8.42 Å². The zero-order valence-corrected chi connectivity index (χ0v) is 12.8. The summed E-state index contributed by atoms with van der Waals surface area (Å²) in [4.78, 5) is 0. The lowest BCUT2D eigenvalue weighted by Gasteiger charge is -2.36. The van der Waals surface area contributed by atoms with Gasteiger partial charge in [0, 0.05) is 19.1 Å². The van der Waals surface area contributed by atoms with Gasteiger partial charge in [-0.25, -0.2) is 8.42 Å². The summed E-state index contributed by atoms with van der Waals surface area (Å²) >= 11 is 0. The lowest BCUT2D eigenvalue weighted by molar-refractivity contribution is 0.203. The molecule has 4 nitrogen and oxygen atoms in total. The van der Waals surface area contributed by atoms with Gasteiger partial charge in [0.15, 0.2) is 0 Å². The highest BCUT2D eigenvalue weighted by Crippen LogP contribution is 2.26. The van der Waals surface area contributed by atoms with Crippen LogP contribution >= 0.6 is 0 Å². The summed E-state index contributed by atoms with van der Waals surface area (Å²) in [5.74, 6) is 0.771. The third-order valence-corrected chi connectivity index (χ3v) is 5.76. The van der Waals surface area contributed by atoms with E-state index in [2.05, 4.69) is 19.2 Å². The van der Waals surface area contributed by atoms with Gasteiger partial charge in [-0.3, -0.25) is 0 Å². The molecule has 1 aliphatic heterocycles. The highest BCUT2D eigenvalue weighted by atomic mass is 32.2. The zero-order valence-electron chi connectivity index (χ0n) is 12.0. The van der Waals surface area contributed by atoms with E-state index in [1.165, 1.54) is 0 Å². The van der Waals surface area contributed by atoms with Gasteiger partial charge < -0.3 is 5.32 Å². The minimum Gasteiger partial charge on any atom is -0.316 e. The second-order valence-electron chi connectivity index (χ2n) is 5.34. The molecule has 0 aromatic carbocycles. The van der Waals surface area contributed by atoms with Crippen LogP contribution in [0.5, 0.6) is 0 Å². The van der Waals surface area contributed by atoms with Crippen LogP contribution in [0, 0.1) is 5.92 Å². The van der Waals surface area contributed by atoms with Crippen LogP contribution in [0.2, 0.25) is 0 Å². The van der Waals surface area contributed by atoms with Crippen molar-refractivity contribution in [2.24, 2.45) is 5.92 Å². The average Bonchev–Trinajstić information content (AvgIpc) is 2.35. The molecule has 1 aliphatic rings. The molecule has 0 bridgehead atoms. The van der Waals surface area contributed by atoms with Crippen molar-refractivity contribution in [1.29, 1.82) is 0 Å². The van der Waals surface area contributed by atoms with E-state index in [1.54, 1.807) is 4.31 Å². The fourth-order valence-corrected chi connectivity index (χ4v) is 4.22. The number of hydrogen-bond acceptors (Lipinski definition) is 3. The summed E-state index contributed by atoms with van der Waals surface area (Å²) in [5, 5.41) is 3.16. The third kappa shape index (κ3) is 4.52. The van der Waals surface area contributed by atoms with Crippen LogP contribution in [0.1, 0.15) is 46.5 Å². The molecule has 0 aromatic heterocycles. The van der Waals surface area contributed by atoms with Crippen molar-refractivity contribution in [3.63, 3.8) is 0 Å². The lowest BCUT2D eigenvalue weighted by Crippen LogP contribution is -2.47. The van der Waals surface area contributed by atoms with Gasteiger partial charge in [0.2, 0.25) is 10.0 Å². The number of hydrogen-bond donors (Lipinski definition) is 1. The fourth-order valence-electron chi connectivity index (χ4n) is 2.49. The van der Waals surface area contributed by atoms with Crippen molar-refractivity contribution in [1.82, 2.24) is 9.62 Å². The van der Waals surface area contributed by atoms with Gasteiger partial charge in [0.25, 0.3) is 0 Å². The van der Waals surface area contributed by atoms with Crippen molar-refractivity contribution in [3.8, 4) is 0 Å². The first-order chi connectivity index (χ1) is 8.51. The molecule has 5 heteroatoms. The summed E-state index contributed by atoms with van der Waals surface area (Å²) in [5.41, 5.74) is 0. The highest BCUT2D eigenvalue weighted by molar-refractivity contribution is 7.89. The van der Waals surface area contributed by atoms with Crippen molar-refractivity contribution in [3.05, 3.63) is 0 Å². The fraction of sp³-hybridized carbons (Fsp3) is 1.00. The molecular formula is C13H28N2O2S. The second-order valence-corrected chi connectivity index (χ2v) is 7.38. The van der Waals surface area contributed by atoms with E-state index in [0.717, 1.165) is 32.2 Å². The van der Waals surface area contributed by atoms with Gasteiger partial charge in [-0.15, -0.1) is 0 Å². The van der Waals surface area contributed by atoms with Crippen LogP contribution in [-0.4, -0.2) is 44.2 Å². The van der Waals surface area contributed by atoms with E-state index in [4.69, 9.17) is 0 Å². The Morgan fingerprint density at radius 2 is 1.94 bits per heavy atom. The molecular weight excluding hydrogens is 248 g/mol. The molecule has 108 valence electrons. The van der Waals surface area contributed by atoms with Crippen LogP contribution in [-0.2, 0) is 10.0 Å². The molecule has 0 saturated carbocycles. The van der Waals surface area contributed by atoms with Crippen molar-refractivity contribution in [2.45, 2.75) is 52.5 Å². The molecule has 2 unspecified atom stereocenters. The molecule has 1 N–H and O–H groups in total. The topological polar surface area (TPSA) is 49.4 Å². The van der Waals surface area contributed by atoms with Crippen molar-refractivity contribution < 1.29 is 8.42 Å². The predicted octanol–water partition coefficient (Wildman–Crippen LogP) is 1.83. The molecule has 1 saturated heterocycles. The first kappa shape index (κ1) is 15.9. The van der Waals surface area contributed by atoms with E-state index >= 15 is 0 Å². The quantitative estimate of drug-likeness (QED) is 0.722. The standard InChI is InChI=1S/C13H28N2O2S/c1-4-8-14-9-10-18(16,17)15-11-13(5-2)7-6-12(15)3/h12-14H,4-11H2,1-3H3. The van der Waals surface area contributed by atoms with Crippen molar-refractivity contribution in [2.75, 3.05) is 25.4 Å². The number of nitrogens with one attached hydrogen (secondary N) is 1. The van der Waals surface area contributed by atoms with Crippen LogP contribution in [0.25, 0.3) is 0 Å². The minimum absolute atomic E-state index is 0.170. The molecule has 0 aromatic rings. The molecule has 1 rings (SSSR count). The summed E-state index contributed by atoms with van der Waals surface area (Å²) < 4.78 is 26.3. The molecule has 0 radical (unpaired) electrons. The largest absolute Gasteiger partial charge is 0.316 e. The van der Waals surface area contributed by atoms with E-state index in [1.807, 2.05) is 6.92 Å². The predicted molar refractivity (Wildman–Crippen MR) is 76.1 cm³/mol. The molecule has 18 heavy (non-hydrogen) atoms. The van der Waals surface area contributed by atoms with Crippen LogP contribution < -0.4 is 5.32 Å². The number of nitrogens with zero attached hydrogens (tertiary/aromatic N) is 1. The number of rotatable bonds is 7. The summed E-state index contributed by atoms with van der Waals surface area (Å²) in [6, 6.07) is 0.170. The van der Waals surface area contributed by atoms with Gasteiger partial charge in [0.05, 0.1) is 5.75 Å². The average molecular weight is 276 g/mol. The Kier molecular flexibility index (Phi) is 6.60. The number of piperidine rings is 1. The van der Waals surface area contributed by atoms with Crippen LogP contribution in [0.3, 0.4) is 0 Å². The third-order valence-electron chi connectivity index (χ3n) is 3.82.